The van der Waals surface area contributed by atoms with Gasteiger partial charge in [0.05, 0.1) is 11.6 Å². The molecule has 1 saturated carbocycles. The normalized spacial score (nSPS) is 25.0. The summed E-state index contributed by atoms with van der Waals surface area (Å²) < 4.78 is 0. The van der Waals surface area contributed by atoms with E-state index in [1.54, 1.807) is 20.2 Å². The van der Waals surface area contributed by atoms with Gasteiger partial charge in [-0.2, -0.15) is 0 Å². The van der Waals surface area contributed by atoms with E-state index in [0.717, 1.165) is 28.3 Å². The van der Waals surface area contributed by atoms with Gasteiger partial charge in [0, 0.05) is 11.5 Å². The molecule has 1 fully saturated rings. The first kappa shape index (κ1) is 29.6. The Morgan fingerprint density at radius 3 is 2.30 bits per heavy atom. The molecule has 0 aliphatic heterocycles. The molecule has 0 heterocycles. The molecule has 1 amide bonds. The van der Waals surface area contributed by atoms with Crippen molar-refractivity contribution in [1.29, 1.82) is 0 Å². The Bertz CT molecular complexity index is 1840. The van der Waals surface area contributed by atoms with Crippen LogP contribution in [0.4, 0.5) is 0 Å². The van der Waals surface area contributed by atoms with Crippen molar-refractivity contribution in [3.63, 3.8) is 0 Å². The van der Waals surface area contributed by atoms with Crippen molar-refractivity contribution < 1.29 is 34.8 Å². The topological polar surface area (TPSA) is 161 Å². The summed E-state index contributed by atoms with van der Waals surface area (Å²) in [5.41, 5.74) is 5.37. The number of aromatic hydroxyl groups is 1. The monoisotopic (exact) mass is 596 g/mol. The van der Waals surface area contributed by atoms with E-state index in [2.05, 4.69) is 26.0 Å². The molecule has 3 aliphatic carbocycles. The number of aliphatic hydroxyl groups excluding tert-OH is 2. The first-order chi connectivity index (χ1) is 20.8. The first-order valence-corrected chi connectivity index (χ1v) is 14.8. The zero-order valence-corrected chi connectivity index (χ0v) is 25.1. The van der Waals surface area contributed by atoms with Crippen LogP contribution >= 0.6 is 0 Å². The highest BCUT2D eigenvalue weighted by Gasteiger charge is 2.64. The Morgan fingerprint density at radius 1 is 1.00 bits per heavy atom. The summed E-state index contributed by atoms with van der Waals surface area (Å²) in [6.45, 7) is 4.34. The fourth-order valence-corrected chi connectivity index (χ4v) is 7.71. The fourth-order valence-electron chi connectivity index (χ4n) is 7.71. The Labute approximate surface area is 254 Å². The lowest BCUT2D eigenvalue weighted by atomic mass is 9.57. The predicted octanol–water partition coefficient (Wildman–Crippen LogP) is 3.98. The SMILES string of the molecule is CC(C)Cc1ccc(-c2ccc(O)c3c2C[C@H]2C[C@H]4[C@H](N(C)C)C(=O)C(C(N)=O)=C(O)[C@@]4(O)C(=O)C2=C3O)c2ccccc12. The number of rotatable bonds is 5. The summed E-state index contributed by atoms with van der Waals surface area (Å²) in [6.07, 6.45) is 1.16. The number of carbonyl (C=O) groups is 3. The van der Waals surface area contributed by atoms with Crippen LogP contribution < -0.4 is 5.73 Å². The maximum absolute atomic E-state index is 14.1. The molecule has 0 unspecified atom stereocenters. The number of primary amides is 1. The minimum Gasteiger partial charge on any atom is -0.508 e. The summed E-state index contributed by atoms with van der Waals surface area (Å²) in [5.74, 6) is -6.21. The van der Waals surface area contributed by atoms with E-state index in [1.165, 1.54) is 16.5 Å². The van der Waals surface area contributed by atoms with Crippen LogP contribution in [-0.2, 0) is 27.2 Å². The van der Waals surface area contributed by atoms with Crippen LogP contribution in [0.25, 0.3) is 27.7 Å². The molecule has 0 bridgehead atoms. The largest absolute Gasteiger partial charge is 0.508 e. The third kappa shape index (κ3) is 4.10. The Kier molecular flexibility index (Phi) is 6.94. The number of carbonyl (C=O) groups excluding carboxylic acids is 3. The number of aliphatic hydroxyl groups is 3. The van der Waals surface area contributed by atoms with Gasteiger partial charge in [-0.05, 0) is 84.3 Å². The third-order valence-corrected chi connectivity index (χ3v) is 9.54. The van der Waals surface area contributed by atoms with Gasteiger partial charge in [0.15, 0.2) is 11.4 Å². The number of amides is 1. The van der Waals surface area contributed by atoms with Crippen molar-refractivity contribution in [2.45, 2.75) is 44.8 Å². The molecule has 3 aromatic carbocycles. The van der Waals surface area contributed by atoms with Gasteiger partial charge >= 0.3 is 0 Å². The zero-order chi connectivity index (χ0) is 31.8. The van der Waals surface area contributed by atoms with Gasteiger partial charge < -0.3 is 26.2 Å². The van der Waals surface area contributed by atoms with Gasteiger partial charge in [-0.25, -0.2) is 0 Å². The molecule has 0 spiro atoms. The minimum atomic E-state index is -2.67. The lowest BCUT2D eigenvalue weighted by Crippen LogP contribution is -2.65. The molecule has 0 saturated heterocycles. The number of benzene rings is 3. The number of Topliss-reactive ketones (excluding diaryl/α,β-unsaturated/α-hetero) is 2. The number of nitrogens with two attached hydrogens (primary N) is 1. The maximum Gasteiger partial charge on any atom is 0.255 e. The van der Waals surface area contributed by atoms with Crippen LogP contribution in [0, 0.1) is 17.8 Å². The van der Waals surface area contributed by atoms with E-state index in [9.17, 15) is 34.8 Å². The second kappa shape index (κ2) is 10.3. The molecule has 6 N–H and O–H groups in total. The summed E-state index contributed by atoms with van der Waals surface area (Å²) in [5, 5.41) is 47.7. The van der Waals surface area contributed by atoms with Crippen LogP contribution in [0.3, 0.4) is 0 Å². The number of hydrogen-bond acceptors (Lipinski definition) is 8. The lowest BCUT2D eigenvalue weighted by Gasteiger charge is -2.50. The molecule has 4 atom stereocenters. The zero-order valence-electron chi connectivity index (χ0n) is 25.1. The van der Waals surface area contributed by atoms with Crippen molar-refractivity contribution in [2.24, 2.45) is 23.5 Å². The van der Waals surface area contributed by atoms with Crippen LogP contribution in [0.15, 0.2) is 65.4 Å². The summed E-state index contributed by atoms with van der Waals surface area (Å²) in [4.78, 5) is 41.2. The highest BCUT2D eigenvalue weighted by Crippen LogP contribution is 2.54. The van der Waals surface area contributed by atoms with Crippen LogP contribution in [0.1, 0.15) is 37.0 Å². The molecule has 3 aliphatic rings. The minimum absolute atomic E-state index is 0.0366. The molecular formula is C35H36N2O7. The second-order valence-corrected chi connectivity index (χ2v) is 12.9. The number of likely N-dealkylation sites (N-methyl/N-ethyl adjacent to an activating group) is 1. The number of fused-ring (bicyclic) bond motifs is 4. The number of hydrogen-bond donors (Lipinski definition) is 5. The number of ketones is 2. The summed E-state index contributed by atoms with van der Waals surface area (Å²) in [6, 6.07) is 14.4. The van der Waals surface area contributed by atoms with Crippen molar-refractivity contribution in [3.8, 4) is 16.9 Å². The smallest absolute Gasteiger partial charge is 0.255 e. The number of phenols is 1. The van der Waals surface area contributed by atoms with Gasteiger partial charge in [0.1, 0.15) is 22.8 Å². The first-order valence-electron chi connectivity index (χ1n) is 14.8. The van der Waals surface area contributed by atoms with Gasteiger partial charge in [-0.1, -0.05) is 56.3 Å². The van der Waals surface area contributed by atoms with Gasteiger partial charge in [-0.3, -0.25) is 19.3 Å². The fraction of sp³-hybridized carbons (Fsp3) is 0.343. The number of nitrogens with zero attached hydrogens (tertiary/aromatic N) is 1. The lowest BCUT2D eigenvalue weighted by molar-refractivity contribution is -0.153. The highest BCUT2D eigenvalue weighted by atomic mass is 16.3. The second-order valence-electron chi connectivity index (χ2n) is 12.9. The maximum atomic E-state index is 14.1. The summed E-state index contributed by atoms with van der Waals surface area (Å²) in [7, 11) is 3.16. The van der Waals surface area contributed by atoms with Gasteiger partial charge in [-0.15, -0.1) is 0 Å². The molecule has 3 aromatic rings. The van der Waals surface area contributed by atoms with E-state index in [-0.39, 0.29) is 29.7 Å². The van der Waals surface area contributed by atoms with Gasteiger partial charge in [0.25, 0.3) is 5.91 Å². The van der Waals surface area contributed by atoms with Crippen LogP contribution in [0.2, 0.25) is 0 Å². The Hall–Kier alpha value is -4.47. The molecule has 228 valence electrons. The predicted molar refractivity (Wildman–Crippen MR) is 166 cm³/mol. The quantitative estimate of drug-likeness (QED) is 0.276. The molecule has 0 radical (unpaired) electrons. The summed E-state index contributed by atoms with van der Waals surface area (Å²) >= 11 is 0. The molecule has 9 heteroatoms. The highest BCUT2D eigenvalue weighted by molar-refractivity contribution is 6.24. The average Bonchev–Trinajstić information content (AvgIpc) is 2.95. The van der Waals surface area contributed by atoms with Crippen molar-refractivity contribution in [1.82, 2.24) is 4.90 Å². The van der Waals surface area contributed by atoms with E-state index >= 15 is 0 Å². The van der Waals surface area contributed by atoms with Crippen LogP contribution in [0.5, 0.6) is 5.75 Å². The Morgan fingerprint density at radius 2 is 1.66 bits per heavy atom. The Balaban J connectivity index is 1.56. The van der Waals surface area contributed by atoms with Crippen LogP contribution in [-0.4, -0.2) is 68.5 Å². The van der Waals surface area contributed by atoms with E-state index < -0.39 is 58.0 Å². The van der Waals surface area contributed by atoms with Crippen molar-refractivity contribution >= 4 is 34.0 Å². The molecule has 0 aromatic heterocycles. The van der Waals surface area contributed by atoms with E-state index in [0.29, 0.717) is 11.5 Å². The molecule has 6 rings (SSSR count). The standard InChI is InChI=1S/C35H36N2O7/c1-16(2)13-17-9-10-21(20-8-6-5-7-19(17)20)22-11-12-25(38)27-23(22)14-18-15-24-29(37(3)4)31(40)28(34(36)43)33(42)35(24,44)32(41)26(18)30(27)39/h5-12,16,18,24,29,38-39,42,44H,13-15H2,1-4H3,(H2,36,43)/t18-,24-,29-,35-/m0/s1. The van der Waals surface area contributed by atoms with E-state index in [1.807, 2.05) is 24.3 Å². The van der Waals surface area contributed by atoms with Crippen molar-refractivity contribution in [2.75, 3.05) is 14.1 Å². The molecular weight excluding hydrogens is 560 g/mol. The van der Waals surface area contributed by atoms with Crippen molar-refractivity contribution in [3.05, 3.63) is 82.1 Å². The molecule has 9 nitrogen and oxygen atoms in total. The number of phenolic OH excluding ortho intramolecular Hbond substituents is 1. The third-order valence-electron chi connectivity index (χ3n) is 9.54. The van der Waals surface area contributed by atoms with Gasteiger partial charge in [0.2, 0.25) is 5.78 Å². The molecule has 44 heavy (non-hydrogen) atoms. The average molecular weight is 597 g/mol. The van der Waals surface area contributed by atoms with E-state index in [4.69, 9.17) is 5.73 Å².